The van der Waals surface area contributed by atoms with Gasteiger partial charge in [-0.2, -0.15) is 0 Å². The number of hydrogen-bond donors (Lipinski definition) is 1. The molecule has 1 aromatic rings. The molecule has 1 N–H and O–H groups in total. The normalized spacial score (nSPS) is 24.4. The lowest BCUT2D eigenvalue weighted by Crippen LogP contribution is -2.45. The summed E-state index contributed by atoms with van der Waals surface area (Å²) in [5.74, 6) is 1.21. The zero-order chi connectivity index (χ0) is 19.2. The predicted octanol–water partition coefficient (Wildman–Crippen LogP) is 2.09. The van der Waals surface area contributed by atoms with Gasteiger partial charge in [0, 0.05) is 32.7 Å². The van der Waals surface area contributed by atoms with E-state index in [-0.39, 0.29) is 35.6 Å². The molecule has 2 aliphatic rings. The molecule has 0 heterocycles. The van der Waals surface area contributed by atoms with Gasteiger partial charge >= 0.3 is 0 Å². The molecular weight excluding hydrogens is 344 g/mol. The summed E-state index contributed by atoms with van der Waals surface area (Å²) < 4.78 is 11.0. The molecule has 1 aromatic carbocycles. The zero-order valence-electron chi connectivity index (χ0n) is 16.2. The minimum absolute atomic E-state index is 0.0790. The van der Waals surface area contributed by atoms with Crippen LogP contribution in [-0.4, -0.2) is 56.7 Å². The molecule has 2 saturated carbocycles. The number of rotatable bonds is 9. The quantitative estimate of drug-likeness (QED) is 0.719. The second kappa shape index (κ2) is 9.22. The topological polar surface area (TPSA) is 67.9 Å². The number of nitrogens with one attached hydrogen (secondary N) is 1. The lowest BCUT2D eigenvalue weighted by molar-refractivity contribution is -0.135. The maximum Gasteiger partial charge on any atom is 0.227 e. The first kappa shape index (κ1) is 19.7. The summed E-state index contributed by atoms with van der Waals surface area (Å²) in [5, 5.41) is 3.14. The summed E-state index contributed by atoms with van der Waals surface area (Å²) in [6, 6.07) is 9.60. The minimum Gasteiger partial charge on any atom is -0.493 e. The number of para-hydroxylation sites is 1. The summed E-state index contributed by atoms with van der Waals surface area (Å²) in [6.07, 6.45) is 3.44. The van der Waals surface area contributed by atoms with Gasteiger partial charge in [0.25, 0.3) is 0 Å². The van der Waals surface area contributed by atoms with E-state index in [1.54, 1.807) is 19.1 Å². The zero-order valence-corrected chi connectivity index (χ0v) is 16.2. The smallest absolute Gasteiger partial charge is 0.227 e. The third kappa shape index (κ3) is 5.45. The fourth-order valence-electron chi connectivity index (χ4n) is 3.71. The van der Waals surface area contributed by atoms with E-state index >= 15 is 0 Å². The van der Waals surface area contributed by atoms with Gasteiger partial charge in [-0.1, -0.05) is 18.2 Å². The molecule has 0 aromatic heterocycles. The van der Waals surface area contributed by atoms with Crippen LogP contribution >= 0.6 is 0 Å². The minimum atomic E-state index is -0.195. The van der Waals surface area contributed by atoms with Crippen LogP contribution in [0.4, 0.5) is 0 Å². The molecule has 2 aliphatic carbocycles. The van der Waals surface area contributed by atoms with Gasteiger partial charge in [-0.05, 0) is 43.7 Å². The van der Waals surface area contributed by atoms with Crippen molar-refractivity contribution in [3.05, 3.63) is 30.3 Å². The highest BCUT2D eigenvalue weighted by atomic mass is 16.5. The van der Waals surface area contributed by atoms with E-state index in [9.17, 15) is 9.59 Å². The van der Waals surface area contributed by atoms with Crippen molar-refractivity contribution in [2.45, 2.75) is 31.7 Å². The van der Waals surface area contributed by atoms with Gasteiger partial charge in [0.05, 0.1) is 19.1 Å². The van der Waals surface area contributed by atoms with Crippen molar-refractivity contribution < 1.29 is 19.1 Å². The monoisotopic (exact) mass is 374 g/mol. The number of amides is 2. The van der Waals surface area contributed by atoms with Crippen LogP contribution in [0.5, 0.6) is 5.75 Å². The van der Waals surface area contributed by atoms with E-state index < -0.39 is 0 Å². The second-order valence-corrected chi connectivity index (χ2v) is 7.71. The molecule has 3 unspecified atom stereocenters. The summed E-state index contributed by atoms with van der Waals surface area (Å²) in [4.78, 5) is 26.9. The fourth-order valence-corrected chi connectivity index (χ4v) is 3.71. The highest BCUT2D eigenvalue weighted by molar-refractivity contribution is 5.84. The Morgan fingerprint density at radius 3 is 2.59 bits per heavy atom. The Hall–Kier alpha value is -2.08. The number of ether oxygens (including phenoxy) is 2. The van der Waals surface area contributed by atoms with Crippen LogP contribution in [0.15, 0.2) is 30.3 Å². The van der Waals surface area contributed by atoms with E-state index in [0.717, 1.165) is 31.4 Å². The number of nitrogens with zero attached hydrogens (tertiary/aromatic N) is 1. The van der Waals surface area contributed by atoms with Gasteiger partial charge < -0.3 is 19.7 Å². The maximum atomic E-state index is 12.9. The van der Waals surface area contributed by atoms with Crippen molar-refractivity contribution in [2.75, 3.05) is 33.9 Å². The first-order chi connectivity index (χ1) is 13.1. The molecule has 0 bridgehead atoms. The number of likely N-dealkylation sites (N-methyl/N-ethyl adjacent to an activating group) is 1. The van der Waals surface area contributed by atoms with Crippen LogP contribution in [0.1, 0.15) is 25.7 Å². The molecule has 0 spiro atoms. The summed E-state index contributed by atoms with van der Waals surface area (Å²) in [5.41, 5.74) is 0. The Balaban J connectivity index is 1.60. The summed E-state index contributed by atoms with van der Waals surface area (Å²) in [6.45, 7) is 1.63. The molecular formula is C21H30N2O4. The van der Waals surface area contributed by atoms with Crippen molar-refractivity contribution >= 4 is 11.8 Å². The Kier molecular flexibility index (Phi) is 6.72. The van der Waals surface area contributed by atoms with Gasteiger partial charge in [-0.3, -0.25) is 9.59 Å². The maximum absolute atomic E-state index is 12.9. The van der Waals surface area contributed by atoms with Crippen molar-refractivity contribution in [2.24, 2.45) is 17.8 Å². The Bertz CT molecular complexity index is 632. The lowest BCUT2D eigenvalue weighted by Gasteiger charge is -2.25. The van der Waals surface area contributed by atoms with Crippen molar-refractivity contribution in [1.29, 1.82) is 0 Å². The average Bonchev–Trinajstić information content (AvgIpc) is 3.46. The molecule has 3 rings (SSSR count). The van der Waals surface area contributed by atoms with Gasteiger partial charge in [-0.25, -0.2) is 0 Å². The van der Waals surface area contributed by atoms with Gasteiger partial charge in [0.15, 0.2) is 0 Å². The average molecular weight is 374 g/mol. The van der Waals surface area contributed by atoms with E-state index in [4.69, 9.17) is 9.47 Å². The lowest BCUT2D eigenvalue weighted by atomic mass is 10.0. The Morgan fingerprint density at radius 2 is 1.93 bits per heavy atom. The molecule has 6 heteroatoms. The molecule has 0 aliphatic heterocycles. The van der Waals surface area contributed by atoms with Crippen LogP contribution in [0.3, 0.4) is 0 Å². The molecule has 2 fully saturated rings. The van der Waals surface area contributed by atoms with E-state index in [0.29, 0.717) is 19.8 Å². The molecule has 0 saturated heterocycles. The largest absolute Gasteiger partial charge is 0.493 e. The van der Waals surface area contributed by atoms with Crippen LogP contribution in [0, 0.1) is 17.8 Å². The second-order valence-electron chi connectivity index (χ2n) is 7.71. The molecule has 3 atom stereocenters. The SMILES string of the molecule is COCCN(C)C(=O)C1CC(COc2ccccc2)CC1NC(=O)C1CC1. The first-order valence-corrected chi connectivity index (χ1v) is 9.80. The third-order valence-corrected chi connectivity index (χ3v) is 5.49. The molecule has 148 valence electrons. The Labute approximate surface area is 161 Å². The molecule has 2 amide bonds. The van der Waals surface area contributed by atoms with Crippen LogP contribution < -0.4 is 10.1 Å². The van der Waals surface area contributed by atoms with Crippen LogP contribution in [-0.2, 0) is 14.3 Å². The van der Waals surface area contributed by atoms with Crippen molar-refractivity contribution in [1.82, 2.24) is 10.2 Å². The van der Waals surface area contributed by atoms with Gasteiger partial charge in [-0.15, -0.1) is 0 Å². The number of carbonyl (C=O) groups is 2. The molecule has 0 radical (unpaired) electrons. The van der Waals surface area contributed by atoms with Crippen LogP contribution in [0.25, 0.3) is 0 Å². The van der Waals surface area contributed by atoms with E-state index in [1.165, 1.54) is 0 Å². The fraction of sp³-hybridized carbons (Fsp3) is 0.619. The standard InChI is InChI=1S/C21H30N2O4/c1-23(10-11-26-2)21(25)18-12-15(14-27-17-6-4-3-5-7-17)13-19(18)22-20(24)16-8-9-16/h3-7,15-16,18-19H,8-14H2,1-2H3,(H,22,24). The van der Waals surface area contributed by atoms with Gasteiger partial charge in [0.2, 0.25) is 11.8 Å². The van der Waals surface area contributed by atoms with Crippen molar-refractivity contribution in [3.8, 4) is 5.75 Å². The number of methoxy groups -OCH3 is 1. The highest BCUT2D eigenvalue weighted by Gasteiger charge is 2.42. The van der Waals surface area contributed by atoms with Crippen molar-refractivity contribution in [3.63, 3.8) is 0 Å². The number of benzene rings is 1. The summed E-state index contributed by atoms with van der Waals surface area (Å²) in [7, 11) is 3.43. The van der Waals surface area contributed by atoms with Gasteiger partial charge in [0.1, 0.15) is 5.75 Å². The molecule has 27 heavy (non-hydrogen) atoms. The summed E-state index contributed by atoms with van der Waals surface area (Å²) >= 11 is 0. The highest BCUT2D eigenvalue weighted by Crippen LogP contribution is 2.35. The van der Waals surface area contributed by atoms with E-state index in [1.807, 2.05) is 30.3 Å². The number of carbonyl (C=O) groups excluding carboxylic acids is 2. The first-order valence-electron chi connectivity index (χ1n) is 9.80. The molecule has 6 nitrogen and oxygen atoms in total. The van der Waals surface area contributed by atoms with Crippen LogP contribution in [0.2, 0.25) is 0 Å². The third-order valence-electron chi connectivity index (χ3n) is 5.49. The number of hydrogen-bond acceptors (Lipinski definition) is 4. The Morgan fingerprint density at radius 1 is 1.19 bits per heavy atom. The van der Waals surface area contributed by atoms with E-state index in [2.05, 4.69) is 5.32 Å². The predicted molar refractivity (Wildman–Crippen MR) is 102 cm³/mol.